The molecular weight excluding hydrogens is 285 g/mol. The fourth-order valence-electron chi connectivity index (χ4n) is 2.76. The number of nitrogens with one attached hydrogen (secondary N) is 1. The third kappa shape index (κ3) is 3.04. The number of carbonyl (C=O) groups excluding carboxylic acids is 1. The number of hydrogen-bond acceptors (Lipinski definition) is 2. The molecule has 3 nitrogen and oxygen atoms in total. The lowest BCUT2D eigenvalue weighted by molar-refractivity contribution is -0.123. The molecule has 2 atom stereocenters. The highest BCUT2D eigenvalue weighted by Crippen LogP contribution is 2.38. The number of halogens is 2. The van der Waals surface area contributed by atoms with Crippen LogP contribution >= 0.6 is 23.2 Å². The molecule has 0 aliphatic heterocycles. The summed E-state index contributed by atoms with van der Waals surface area (Å²) in [6.07, 6.45) is 2.64. The molecule has 1 aliphatic carbocycles. The summed E-state index contributed by atoms with van der Waals surface area (Å²) in [6.45, 7) is 0. The molecule has 0 saturated heterocycles. The van der Waals surface area contributed by atoms with Gasteiger partial charge in [0.05, 0.1) is 11.6 Å². The second kappa shape index (κ2) is 6.12. The van der Waals surface area contributed by atoms with E-state index in [0.717, 1.165) is 18.4 Å². The molecule has 0 heterocycles. The first kappa shape index (κ1) is 14.6. The third-order valence-electron chi connectivity index (χ3n) is 3.69. The Hall–Kier alpha value is -0.770. The maximum absolute atomic E-state index is 11.7. The summed E-state index contributed by atoms with van der Waals surface area (Å²) in [5.41, 5.74) is 0.0699. The summed E-state index contributed by atoms with van der Waals surface area (Å²) in [6, 6.07) is 7.28. The van der Waals surface area contributed by atoms with E-state index in [-0.39, 0.29) is 11.8 Å². The first-order valence-electron chi connectivity index (χ1n) is 6.39. The van der Waals surface area contributed by atoms with Gasteiger partial charge in [0.2, 0.25) is 5.91 Å². The normalized spacial score (nSPS) is 27.0. The van der Waals surface area contributed by atoms with Crippen molar-refractivity contribution >= 4 is 29.1 Å². The number of hydrogen-bond donors (Lipinski definition) is 2. The Morgan fingerprint density at radius 2 is 2.26 bits per heavy atom. The molecule has 0 aromatic heterocycles. The van der Waals surface area contributed by atoms with Crippen LogP contribution in [0.1, 0.15) is 31.2 Å². The van der Waals surface area contributed by atoms with Gasteiger partial charge in [-0.1, -0.05) is 36.6 Å². The highest BCUT2D eigenvalue weighted by molar-refractivity contribution is 6.30. The summed E-state index contributed by atoms with van der Waals surface area (Å²) < 4.78 is 0. The molecular formula is C14H17Cl2NO2. The van der Waals surface area contributed by atoms with Crippen LogP contribution in [0.15, 0.2) is 24.3 Å². The number of amides is 1. The molecule has 2 N–H and O–H groups in total. The minimum Gasteiger partial charge on any atom is -0.390 e. The standard InChI is InChI=1S/C14H17Cl2NO2/c15-9-13(19)17-14(7-2-1-6-12(14)18)10-4-3-5-11(16)8-10/h3-5,8,12,18H,1-2,6-7,9H2,(H,17,19). The fraction of sp³-hybridized carbons (Fsp3) is 0.500. The monoisotopic (exact) mass is 301 g/mol. The number of alkyl halides is 1. The zero-order valence-electron chi connectivity index (χ0n) is 10.5. The molecule has 19 heavy (non-hydrogen) atoms. The Kier molecular flexibility index (Phi) is 4.71. The van der Waals surface area contributed by atoms with E-state index in [0.29, 0.717) is 17.9 Å². The largest absolute Gasteiger partial charge is 0.390 e. The quantitative estimate of drug-likeness (QED) is 0.844. The molecule has 1 amide bonds. The van der Waals surface area contributed by atoms with Crippen molar-refractivity contribution in [2.45, 2.75) is 37.3 Å². The second-order valence-corrected chi connectivity index (χ2v) is 5.63. The summed E-state index contributed by atoms with van der Waals surface area (Å²) >= 11 is 11.6. The minimum atomic E-state index is -0.769. The predicted octanol–water partition coefficient (Wildman–Crippen LogP) is 2.83. The van der Waals surface area contributed by atoms with E-state index in [4.69, 9.17) is 23.2 Å². The van der Waals surface area contributed by atoms with E-state index in [2.05, 4.69) is 5.32 Å². The Morgan fingerprint density at radius 1 is 1.47 bits per heavy atom. The lowest BCUT2D eigenvalue weighted by Crippen LogP contribution is -2.55. The summed E-state index contributed by atoms with van der Waals surface area (Å²) in [7, 11) is 0. The minimum absolute atomic E-state index is 0.116. The van der Waals surface area contributed by atoms with Crippen molar-refractivity contribution in [3.8, 4) is 0 Å². The summed E-state index contributed by atoms with van der Waals surface area (Å²) in [5.74, 6) is -0.391. The van der Waals surface area contributed by atoms with Crippen molar-refractivity contribution in [2.24, 2.45) is 0 Å². The van der Waals surface area contributed by atoms with E-state index in [1.165, 1.54) is 0 Å². The van der Waals surface area contributed by atoms with Crippen molar-refractivity contribution in [3.63, 3.8) is 0 Å². The first-order valence-corrected chi connectivity index (χ1v) is 7.31. The number of aliphatic hydroxyl groups is 1. The van der Waals surface area contributed by atoms with E-state index in [1.54, 1.807) is 12.1 Å². The molecule has 0 radical (unpaired) electrons. The van der Waals surface area contributed by atoms with Crippen LogP contribution in [0.4, 0.5) is 0 Å². The Bertz CT molecular complexity index is 467. The van der Waals surface area contributed by atoms with Gasteiger partial charge in [0.25, 0.3) is 0 Å². The molecule has 0 spiro atoms. The van der Waals surface area contributed by atoms with Crippen molar-refractivity contribution in [2.75, 3.05) is 5.88 Å². The average molecular weight is 302 g/mol. The number of carbonyl (C=O) groups is 1. The van der Waals surface area contributed by atoms with E-state index in [9.17, 15) is 9.90 Å². The molecule has 104 valence electrons. The van der Waals surface area contributed by atoms with Crippen LogP contribution in [0, 0.1) is 0 Å². The van der Waals surface area contributed by atoms with Gasteiger partial charge >= 0.3 is 0 Å². The van der Waals surface area contributed by atoms with Crippen LogP contribution in [-0.4, -0.2) is 23.0 Å². The van der Waals surface area contributed by atoms with Gasteiger partial charge in [0, 0.05) is 5.02 Å². The first-order chi connectivity index (χ1) is 9.08. The number of rotatable bonds is 3. The summed E-state index contributed by atoms with van der Waals surface area (Å²) in [4.78, 5) is 11.7. The van der Waals surface area contributed by atoms with Gasteiger partial charge in [-0.3, -0.25) is 4.79 Å². The molecule has 2 rings (SSSR count). The SMILES string of the molecule is O=C(CCl)NC1(c2cccc(Cl)c2)CCCCC1O. The Morgan fingerprint density at radius 3 is 2.89 bits per heavy atom. The molecule has 0 bridgehead atoms. The molecule has 1 aromatic rings. The fourth-order valence-corrected chi connectivity index (χ4v) is 3.01. The Balaban J connectivity index is 2.40. The van der Waals surface area contributed by atoms with Crippen molar-refractivity contribution in [3.05, 3.63) is 34.9 Å². The van der Waals surface area contributed by atoms with E-state index >= 15 is 0 Å². The van der Waals surface area contributed by atoms with Crippen molar-refractivity contribution < 1.29 is 9.90 Å². The summed E-state index contributed by atoms with van der Waals surface area (Å²) in [5, 5.41) is 13.9. The molecule has 1 aliphatic rings. The van der Waals surface area contributed by atoms with Crippen LogP contribution in [0.2, 0.25) is 5.02 Å². The Labute approximate surface area is 122 Å². The highest BCUT2D eigenvalue weighted by Gasteiger charge is 2.42. The molecule has 2 unspecified atom stereocenters. The maximum Gasteiger partial charge on any atom is 0.235 e. The predicted molar refractivity (Wildman–Crippen MR) is 76.5 cm³/mol. The average Bonchev–Trinajstić information content (AvgIpc) is 2.41. The third-order valence-corrected chi connectivity index (χ3v) is 4.17. The van der Waals surface area contributed by atoms with Crippen molar-refractivity contribution in [1.29, 1.82) is 0 Å². The van der Waals surface area contributed by atoms with Gasteiger partial charge in [-0.05, 0) is 30.5 Å². The van der Waals surface area contributed by atoms with Crippen LogP contribution in [0.25, 0.3) is 0 Å². The zero-order chi connectivity index (χ0) is 13.9. The number of benzene rings is 1. The van der Waals surface area contributed by atoms with Gasteiger partial charge in [0.1, 0.15) is 5.88 Å². The molecule has 1 fully saturated rings. The van der Waals surface area contributed by atoms with Gasteiger partial charge in [-0.2, -0.15) is 0 Å². The highest BCUT2D eigenvalue weighted by atomic mass is 35.5. The van der Waals surface area contributed by atoms with E-state index in [1.807, 2.05) is 12.1 Å². The number of aliphatic hydroxyl groups excluding tert-OH is 1. The zero-order valence-corrected chi connectivity index (χ0v) is 12.0. The molecule has 5 heteroatoms. The second-order valence-electron chi connectivity index (χ2n) is 4.93. The van der Waals surface area contributed by atoms with Crippen LogP contribution in [0.5, 0.6) is 0 Å². The molecule has 1 saturated carbocycles. The van der Waals surface area contributed by atoms with E-state index < -0.39 is 11.6 Å². The van der Waals surface area contributed by atoms with Gasteiger partial charge in [-0.25, -0.2) is 0 Å². The van der Waals surface area contributed by atoms with Crippen LogP contribution in [-0.2, 0) is 10.3 Å². The topological polar surface area (TPSA) is 49.3 Å². The lowest BCUT2D eigenvalue weighted by atomic mass is 9.74. The smallest absolute Gasteiger partial charge is 0.235 e. The van der Waals surface area contributed by atoms with Gasteiger partial charge in [-0.15, -0.1) is 11.6 Å². The lowest BCUT2D eigenvalue weighted by Gasteiger charge is -2.42. The van der Waals surface area contributed by atoms with Gasteiger partial charge in [0.15, 0.2) is 0 Å². The van der Waals surface area contributed by atoms with Crippen LogP contribution in [0.3, 0.4) is 0 Å². The molecule has 1 aromatic carbocycles. The van der Waals surface area contributed by atoms with Crippen LogP contribution < -0.4 is 5.32 Å². The van der Waals surface area contributed by atoms with Gasteiger partial charge < -0.3 is 10.4 Å². The van der Waals surface area contributed by atoms with Crippen molar-refractivity contribution in [1.82, 2.24) is 5.32 Å². The maximum atomic E-state index is 11.7.